The topological polar surface area (TPSA) is 39.1 Å². The number of anilines is 1. The number of rotatable bonds is 5. The molecule has 2 aliphatic rings. The van der Waals surface area contributed by atoms with Crippen LogP contribution in [-0.2, 0) is 4.74 Å². The van der Waals surface area contributed by atoms with Crippen LogP contribution in [0.25, 0.3) is 0 Å². The monoisotopic (exact) mass is 263 g/mol. The minimum absolute atomic E-state index is 0.0734. The van der Waals surface area contributed by atoms with Crippen LogP contribution in [-0.4, -0.2) is 27.8 Å². The van der Waals surface area contributed by atoms with E-state index >= 15 is 0 Å². The van der Waals surface area contributed by atoms with Gasteiger partial charge in [0.25, 0.3) is 0 Å². The molecule has 0 bridgehead atoms. The molecule has 1 saturated carbocycles. The number of hydrogen-bond donors (Lipinski definition) is 1. The molecule has 1 atom stereocenters. The van der Waals surface area contributed by atoms with Gasteiger partial charge in [0.1, 0.15) is 0 Å². The number of aromatic nitrogens is 2. The van der Waals surface area contributed by atoms with Gasteiger partial charge in [-0.3, -0.25) is 0 Å². The second kappa shape index (κ2) is 5.16. The first-order valence-corrected chi connectivity index (χ1v) is 7.69. The number of ether oxygens (including phenoxy) is 1. The lowest BCUT2D eigenvalue weighted by molar-refractivity contribution is -0.0984. The van der Waals surface area contributed by atoms with Crippen LogP contribution in [0, 0.1) is 0 Å². The predicted octanol–water partition coefficient (Wildman–Crippen LogP) is 3.37. The summed E-state index contributed by atoms with van der Waals surface area (Å²) in [4.78, 5) is 4.48. The molecule has 1 aliphatic carbocycles. The minimum Gasteiger partial charge on any atom is -0.375 e. The Labute approximate surface area is 115 Å². The fraction of sp³-hybridized carbons (Fsp3) is 0.800. The lowest BCUT2D eigenvalue weighted by Gasteiger charge is -2.40. The fourth-order valence-electron chi connectivity index (χ4n) is 3.11. The first kappa shape index (κ1) is 13.0. The van der Waals surface area contributed by atoms with Crippen LogP contribution in [0.1, 0.15) is 58.4 Å². The first-order chi connectivity index (χ1) is 9.26. The molecule has 0 amide bonds. The van der Waals surface area contributed by atoms with Crippen LogP contribution in [0.15, 0.2) is 12.4 Å². The first-order valence-electron chi connectivity index (χ1n) is 7.69. The summed E-state index contributed by atoms with van der Waals surface area (Å²) in [5.74, 6) is 1.05. The van der Waals surface area contributed by atoms with Gasteiger partial charge in [-0.05, 0) is 38.5 Å². The Hall–Kier alpha value is -1.03. The van der Waals surface area contributed by atoms with Crippen LogP contribution in [0.4, 0.5) is 5.95 Å². The van der Waals surface area contributed by atoms with Gasteiger partial charge >= 0.3 is 0 Å². The maximum atomic E-state index is 6.07. The van der Waals surface area contributed by atoms with E-state index in [2.05, 4.69) is 34.9 Å². The largest absolute Gasteiger partial charge is 0.375 e. The van der Waals surface area contributed by atoms with Gasteiger partial charge in [-0.1, -0.05) is 13.8 Å². The van der Waals surface area contributed by atoms with E-state index in [0.29, 0.717) is 12.1 Å². The number of hydrogen-bond acceptors (Lipinski definition) is 3. The van der Waals surface area contributed by atoms with Crippen molar-refractivity contribution in [2.45, 2.75) is 70.1 Å². The molecule has 19 heavy (non-hydrogen) atoms. The van der Waals surface area contributed by atoms with Crippen LogP contribution in [0.3, 0.4) is 0 Å². The minimum atomic E-state index is 0.0734. The quantitative estimate of drug-likeness (QED) is 0.885. The summed E-state index contributed by atoms with van der Waals surface area (Å²) in [6.45, 7) is 5.35. The van der Waals surface area contributed by atoms with E-state index in [4.69, 9.17) is 4.74 Å². The summed E-state index contributed by atoms with van der Waals surface area (Å²) in [5, 5.41) is 3.54. The Kier molecular flexibility index (Phi) is 3.52. The molecule has 3 rings (SSSR count). The molecule has 2 heterocycles. The molecule has 1 aliphatic heterocycles. The van der Waals surface area contributed by atoms with Gasteiger partial charge < -0.3 is 14.6 Å². The fourth-order valence-corrected chi connectivity index (χ4v) is 3.11. The summed E-state index contributed by atoms with van der Waals surface area (Å²) in [6.07, 6.45) is 11.0. The Bertz CT molecular complexity index is 421. The van der Waals surface area contributed by atoms with Gasteiger partial charge in [0.05, 0.1) is 5.60 Å². The summed E-state index contributed by atoms with van der Waals surface area (Å²) in [6, 6.07) is 1.18. The van der Waals surface area contributed by atoms with Crippen molar-refractivity contribution in [3.63, 3.8) is 0 Å². The maximum absolute atomic E-state index is 6.07. The van der Waals surface area contributed by atoms with Gasteiger partial charge in [0, 0.05) is 31.1 Å². The van der Waals surface area contributed by atoms with E-state index in [0.717, 1.165) is 38.2 Å². The molecule has 1 saturated heterocycles. The summed E-state index contributed by atoms with van der Waals surface area (Å²) in [7, 11) is 0. The molecule has 1 N–H and O–H groups in total. The Balaban J connectivity index is 1.75. The summed E-state index contributed by atoms with van der Waals surface area (Å²) >= 11 is 0. The molecule has 0 spiro atoms. The van der Waals surface area contributed by atoms with Crippen molar-refractivity contribution in [1.29, 1.82) is 0 Å². The van der Waals surface area contributed by atoms with Crippen molar-refractivity contribution in [2.24, 2.45) is 0 Å². The molecule has 4 heteroatoms. The highest BCUT2D eigenvalue weighted by atomic mass is 16.5. The van der Waals surface area contributed by atoms with E-state index in [-0.39, 0.29) is 5.60 Å². The third kappa shape index (κ3) is 2.64. The Morgan fingerprint density at radius 2 is 2.16 bits per heavy atom. The second-order valence-corrected chi connectivity index (χ2v) is 5.96. The van der Waals surface area contributed by atoms with Crippen LogP contribution < -0.4 is 5.32 Å². The lowest BCUT2D eigenvalue weighted by Crippen LogP contribution is -2.39. The third-order valence-electron chi connectivity index (χ3n) is 4.73. The summed E-state index contributed by atoms with van der Waals surface area (Å²) < 4.78 is 8.41. The average Bonchev–Trinajstić information content (AvgIpc) is 3.14. The van der Waals surface area contributed by atoms with Gasteiger partial charge in [-0.15, -0.1) is 0 Å². The second-order valence-electron chi connectivity index (χ2n) is 5.96. The number of imidazole rings is 1. The summed E-state index contributed by atoms with van der Waals surface area (Å²) in [5.41, 5.74) is 0.0734. The smallest absolute Gasteiger partial charge is 0.203 e. The molecule has 1 unspecified atom stereocenters. The van der Waals surface area contributed by atoms with Crippen LogP contribution >= 0.6 is 0 Å². The molecule has 106 valence electrons. The zero-order valence-corrected chi connectivity index (χ0v) is 12.1. The highest BCUT2D eigenvalue weighted by Gasteiger charge is 2.36. The SMILES string of the molecule is CCC1(CC)CC(n2ccnc2NC2CC2)CCO1. The van der Waals surface area contributed by atoms with Crippen molar-refractivity contribution in [2.75, 3.05) is 11.9 Å². The van der Waals surface area contributed by atoms with E-state index in [9.17, 15) is 0 Å². The molecule has 0 radical (unpaired) electrons. The Morgan fingerprint density at radius 3 is 2.84 bits per heavy atom. The molecular formula is C15H25N3O. The zero-order chi connectivity index (χ0) is 13.3. The van der Waals surface area contributed by atoms with Crippen molar-refractivity contribution >= 4 is 5.95 Å². The zero-order valence-electron chi connectivity index (χ0n) is 12.1. The molecule has 1 aromatic rings. The van der Waals surface area contributed by atoms with E-state index in [1.165, 1.54) is 12.8 Å². The highest BCUT2D eigenvalue weighted by molar-refractivity contribution is 5.30. The lowest BCUT2D eigenvalue weighted by atomic mass is 9.86. The standard InChI is InChI=1S/C15H25N3O/c1-3-15(4-2)11-13(7-10-19-15)18-9-8-16-14(18)17-12-5-6-12/h8-9,12-13H,3-7,10-11H2,1-2H3,(H,16,17). The normalized spacial score (nSPS) is 26.3. The van der Waals surface area contributed by atoms with Crippen molar-refractivity contribution in [3.05, 3.63) is 12.4 Å². The van der Waals surface area contributed by atoms with Gasteiger partial charge in [-0.25, -0.2) is 4.98 Å². The number of nitrogens with zero attached hydrogens (tertiary/aromatic N) is 2. The van der Waals surface area contributed by atoms with E-state index < -0.39 is 0 Å². The van der Waals surface area contributed by atoms with Crippen molar-refractivity contribution in [1.82, 2.24) is 9.55 Å². The van der Waals surface area contributed by atoms with Gasteiger partial charge in [0.15, 0.2) is 0 Å². The maximum Gasteiger partial charge on any atom is 0.203 e. The molecular weight excluding hydrogens is 238 g/mol. The van der Waals surface area contributed by atoms with Crippen LogP contribution in [0.5, 0.6) is 0 Å². The van der Waals surface area contributed by atoms with Crippen molar-refractivity contribution < 1.29 is 4.74 Å². The average molecular weight is 263 g/mol. The molecule has 0 aromatic carbocycles. The van der Waals surface area contributed by atoms with Crippen molar-refractivity contribution in [3.8, 4) is 0 Å². The van der Waals surface area contributed by atoms with E-state index in [1.807, 2.05) is 6.20 Å². The third-order valence-corrected chi connectivity index (χ3v) is 4.73. The van der Waals surface area contributed by atoms with Crippen LogP contribution in [0.2, 0.25) is 0 Å². The number of nitrogens with one attached hydrogen (secondary N) is 1. The van der Waals surface area contributed by atoms with E-state index in [1.54, 1.807) is 0 Å². The molecule has 4 nitrogen and oxygen atoms in total. The molecule has 2 fully saturated rings. The predicted molar refractivity (Wildman–Crippen MR) is 76.4 cm³/mol. The highest BCUT2D eigenvalue weighted by Crippen LogP contribution is 2.38. The Morgan fingerprint density at radius 1 is 1.37 bits per heavy atom. The molecule has 1 aromatic heterocycles. The van der Waals surface area contributed by atoms with Gasteiger partial charge in [-0.2, -0.15) is 0 Å². The van der Waals surface area contributed by atoms with Gasteiger partial charge in [0.2, 0.25) is 5.95 Å².